The van der Waals surface area contributed by atoms with Crippen LogP contribution < -0.4 is 21.1 Å². The molecular weight excluding hydrogens is 356 g/mol. The molecule has 1 aromatic heterocycles. The minimum Gasteiger partial charge on any atom is -0.487 e. The molecule has 2 aromatic rings. The Hall–Kier alpha value is -2.93. The van der Waals surface area contributed by atoms with E-state index in [1.165, 1.54) is 0 Å². The molecule has 0 spiro atoms. The van der Waals surface area contributed by atoms with Crippen LogP contribution in [0, 0.1) is 5.92 Å². The van der Waals surface area contributed by atoms with Crippen molar-refractivity contribution in [3.05, 3.63) is 59.9 Å². The van der Waals surface area contributed by atoms with Crippen molar-refractivity contribution < 1.29 is 14.3 Å². The molecule has 0 saturated heterocycles. The van der Waals surface area contributed by atoms with E-state index in [0.29, 0.717) is 12.4 Å². The SMILES string of the molecule is CC(NC(=O)CNC(=O)[C@@H](N)C(C)C)c1cccc(OCc2ccccn2)c1. The first-order valence-electron chi connectivity index (χ1n) is 9.32. The third kappa shape index (κ3) is 6.66. The number of carbonyl (C=O) groups excluding carboxylic acids is 2. The third-order valence-electron chi connectivity index (χ3n) is 4.29. The molecule has 1 unspecified atom stereocenters. The van der Waals surface area contributed by atoms with Crippen LogP contribution in [0.2, 0.25) is 0 Å². The summed E-state index contributed by atoms with van der Waals surface area (Å²) in [5.41, 5.74) is 7.50. The molecule has 2 rings (SSSR count). The van der Waals surface area contributed by atoms with Crippen LogP contribution in [0.25, 0.3) is 0 Å². The first-order valence-corrected chi connectivity index (χ1v) is 9.32. The summed E-state index contributed by atoms with van der Waals surface area (Å²) in [4.78, 5) is 28.2. The fraction of sp³-hybridized carbons (Fsp3) is 0.381. The number of amides is 2. The van der Waals surface area contributed by atoms with Crippen LogP contribution in [0.5, 0.6) is 5.75 Å². The predicted octanol–water partition coefficient (Wildman–Crippen LogP) is 1.94. The van der Waals surface area contributed by atoms with E-state index >= 15 is 0 Å². The van der Waals surface area contributed by atoms with Gasteiger partial charge in [-0.1, -0.05) is 32.0 Å². The monoisotopic (exact) mass is 384 g/mol. The molecule has 7 heteroatoms. The Morgan fingerprint density at radius 3 is 2.61 bits per heavy atom. The highest BCUT2D eigenvalue weighted by molar-refractivity contribution is 5.87. The maximum atomic E-state index is 12.1. The largest absolute Gasteiger partial charge is 0.487 e. The highest BCUT2D eigenvalue weighted by Gasteiger charge is 2.18. The summed E-state index contributed by atoms with van der Waals surface area (Å²) in [6.45, 7) is 5.84. The van der Waals surface area contributed by atoms with Crippen molar-refractivity contribution in [3.63, 3.8) is 0 Å². The Morgan fingerprint density at radius 1 is 1.14 bits per heavy atom. The van der Waals surface area contributed by atoms with E-state index in [-0.39, 0.29) is 30.3 Å². The lowest BCUT2D eigenvalue weighted by Crippen LogP contribution is -2.47. The van der Waals surface area contributed by atoms with Gasteiger partial charge in [-0.25, -0.2) is 0 Å². The molecule has 4 N–H and O–H groups in total. The van der Waals surface area contributed by atoms with E-state index in [2.05, 4.69) is 15.6 Å². The molecule has 150 valence electrons. The number of carbonyl (C=O) groups is 2. The van der Waals surface area contributed by atoms with Crippen LogP contribution in [0.15, 0.2) is 48.7 Å². The summed E-state index contributed by atoms with van der Waals surface area (Å²) < 4.78 is 5.77. The standard InChI is InChI=1S/C21H28N4O3/c1-14(2)20(22)21(27)24-12-19(26)25-15(3)16-7-6-9-18(11-16)28-13-17-8-4-5-10-23-17/h4-11,14-15,20H,12-13,22H2,1-3H3,(H,24,27)(H,25,26)/t15?,20-/m0/s1. The summed E-state index contributed by atoms with van der Waals surface area (Å²) in [6, 6.07) is 12.3. The topological polar surface area (TPSA) is 106 Å². The second-order valence-electron chi connectivity index (χ2n) is 6.96. The number of pyridine rings is 1. The van der Waals surface area contributed by atoms with Crippen LogP contribution in [0.3, 0.4) is 0 Å². The lowest BCUT2D eigenvalue weighted by atomic mass is 10.1. The van der Waals surface area contributed by atoms with Gasteiger partial charge in [0, 0.05) is 6.20 Å². The molecule has 2 atom stereocenters. The van der Waals surface area contributed by atoms with Crippen LogP contribution in [0.4, 0.5) is 0 Å². The lowest BCUT2D eigenvalue weighted by Gasteiger charge is -2.18. The van der Waals surface area contributed by atoms with Gasteiger partial charge < -0.3 is 21.1 Å². The zero-order chi connectivity index (χ0) is 20.5. The van der Waals surface area contributed by atoms with Crippen molar-refractivity contribution in [3.8, 4) is 5.75 Å². The van der Waals surface area contributed by atoms with Crippen molar-refractivity contribution in [2.45, 2.75) is 39.5 Å². The van der Waals surface area contributed by atoms with Gasteiger partial charge in [-0.05, 0) is 42.7 Å². The smallest absolute Gasteiger partial charge is 0.239 e. The Bertz CT molecular complexity index is 780. The minimum absolute atomic E-state index is 0.0100. The van der Waals surface area contributed by atoms with Gasteiger partial charge in [-0.2, -0.15) is 0 Å². The summed E-state index contributed by atoms with van der Waals surface area (Å²) in [7, 11) is 0. The molecule has 0 bridgehead atoms. The molecule has 28 heavy (non-hydrogen) atoms. The van der Waals surface area contributed by atoms with Crippen LogP contribution in [-0.4, -0.2) is 29.4 Å². The van der Waals surface area contributed by atoms with E-state index in [1.807, 2.05) is 63.2 Å². The number of nitrogens with two attached hydrogens (primary N) is 1. The molecule has 1 aromatic carbocycles. The third-order valence-corrected chi connectivity index (χ3v) is 4.29. The van der Waals surface area contributed by atoms with Crippen LogP contribution in [0.1, 0.15) is 38.1 Å². The number of nitrogens with zero attached hydrogens (tertiary/aromatic N) is 1. The lowest BCUT2D eigenvalue weighted by molar-refractivity contribution is -0.127. The first kappa shape index (κ1) is 21.4. The van der Waals surface area contributed by atoms with E-state index in [0.717, 1.165) is 11.3 Å². The molecule has 0 aliphatic rings. The minimum atomic E-state index is -0.627. The number of hydrogen-bond acceptors (Lipinski definition) is 5. The number of hydrogen-bond donors (Lipinski definition) is 3. The van der Waals surface area contributed by atoms with E-state index in [4.69, 9.17) is 10.5 Å². The van der Waals surface area contributed by atoms with Crippen molar-refractivity contribution >= 4 is 11.8 Å². The average molecular weight is 384 g/mol. The second-order valence-corrected chi connectivity index (χ2v) is 6.96. The summed E-state index contributed by atoms with van der Waals surface area (Å²) in [6.07, 6.45) is 1.72. The van der Waals surface area contributed by atoms with Gasteiger partial charge in [0.25, 0.3) is 0 Å². The molecule has 0 saturated carbocycles. The zero-order valence-corrected chi connectivity index (χ0v) is 16.5. The van der Waals surface area contributed by atoms with Crippen molar-refractivity contribution in [1.29, 1.82) is 0 Å². The molecule has 0 aliphatic carbocycles. The van der Waals surface area contributed by atoms with Crippen LogP contribution in [-0.2, 0) is 16.2 Å². The fourth-order valence-corrected chi connectivity index (χ4v) is 2.48. The van der Waals surface area contributed by atoms with Gasteiger partial charge in [0.15, 0.2) is 0 Å². The average Bonchev–Trinajstić information content (AvgIpc) is 2.70. The van der Waals surface area contributed by atoms with Gasteiger partial charge in [-0.3, -0.25) is 14.6 Å². The van der Waals surface area contributed by atoms with Gasteiger partial charge in [0.2, 0.25) is 11.8 Å². The Morgan fingerprint density at radius 2 is 1.93 bits per heavy atom. The van der Waals surface area contributed by atoms with Gasteiger partial charge in [0.1, 0.15) is 12.4 Å². The normalized spacial score (nSPS) is 12.9. The number of nitrogens with one attached hydrogen (secondary N) is 2. The predicted molar refractivity (Wildman–Crippen MR) is 107 cm³/mol. The molecule has 0 radical (unpaired) electrons. The molecule has 0 aliphatic heterocycles. The van der Waals surface area contributed by atoms with E-state index in [1.54, 1.807) is 6.20 Å². The van der Waals surface area contributed by atoms with Gasteiger partial charge in [-0.15, -0.1) is 0 Å². The number of benzene rings is 1. The summed E-state index contributed by atoms with van der Waals surface area (Å²) in [5.74, 6) is 0.0932. The molecular formula is C21H28N4O3. The van der Waals surface area contributed by atoms with Crippen LogP contribution >= 0.6 is 0 Å². The quantitative estimate of drug-likeness (QED) is 0.613. The van der Waals surface area contributed by atoms with Crippen molar-refractivity contribution in [2.75, 3.05) is 6.54 Å². The zero-order valence-electron chi connectivity index (χ0n) is 16.5. The summed E-state index contributed by atoms with van der Waals surface area (Å²) >= 11 is 0. The Labute approximate surface area is 165 Å². The van der Waals surface area contributed by atoms with Crippen molar-refractivity contribution in [1.82, 2.24) is 15.6 Å². The molecule has 2 amide bonds. The molecule has 1 heterocycles. The maximum Gasteiger partial charge on any atom is 0.239 e. The molecule has 0 fully saturated rings. The Balaban J connectivity index is 1.85. The van der Waals surface area contributed by atoms with E-state index < -0.39 is 6.04 Å². The Kier molecular flexibility index (Phi) is 7.95. The van der Waals surface area contributed by atoms with Crippen molar-refractivity contribution in [2.24, 2.45) is 11.7 Å². The highest BCUT2D eigenvalue weighted by atomic mass is 16.5. The fourth-order valence-electron chi connectivity index (χ4n) is 2.48. The highest BCUT2D eigenvalue weighted by Crippen LogP contribution is 2.19. The maximum absolute atomic E-state index is 12.1. The molecule has 7 nitrogen and oxygen atoms in total. The second kappa shape index (κ2) is 10.4. The van der Waals surface area contributed by atoms with Gasteiger partial charge in [0.05, 0.1) is 24.3 Å². The van der Waals surface area contributed by atoms with E-state index in [9.17, 15) is 9.59 Å². The summed E-state index contributed by atoms with van der Waals surface area (Å²) in [5, 5.41) is 5.42. The first-order chi connectivity index (χ1) is 13.4. The number of aromatic nitrogens is 1. The number of rotatable bonds is 9. The van der Waals surface area contributed by atoms with Gasteiger partial charge >= 0.3 is 0 Å². The number of ether oxygens (including phenoxy) is 1.